The van der Waals surface area contributed by atoms with Crippen LogP contribution in [0, 0.1) is 10.8 Å². The molecule has 0 radical (unpaired) electrons. The Morgan fingerprint density at radius 2 is 1.17 bits per heavy atom. The Morgan fingerprint density at radius 3 is 1.44 bits per heavy atom. The van der Waals surface area contributed by atoms with Gasteiger partial charge in [0.2, 0.25) is 0 Å². The van der Waals surface area contributed by atoms with Gasteiger partial charge in [-0.2, -0.15) is 0 Å². The second kappa shape index (κ2) is 4.17. The molecule has 0 aromatic carbocycles. The summed E-state index contributed by atoms with van der Waals surface area (Å²) in [7, 11) is 0. The molecule has 0 bridgehead atoms. The van der Waals surface area contributed by atoms with Crippen LogP contribution in [-0.2, 0) is 18.9 Å². The first-order valence-electron chi connectivity index (χ1n) is 6.89. The van der Waals surface area contributed by atoms with E-state index < -0.39 is 0 Å². The van der Waals surface area contributed by atoms with Crippen molar-refractivity contribution in [1.29, 1.82) is 0 Å². The van der Waals surface area contributed by atoms with Gasteiger partial charge in [0.25, 0.3) is 0 Å². The highest BCUT2D eigenvalue weighted by Gasteiger charge is 2.63. The Hall–Kier alpha value is -0.160. The molecule has 3 fully saturated rings. The van der Waals surface area contributed by atoms with Crippen molar-refractivity contribution in [1.82, 2.24) is 0 Å². The third-order valence-electron chi connectivity index (χ3n) is 4.41. The highest BCUT2D eigenvalue weighted by atomic mass is 16.6. The van der Waals surface area contributed by atoms with Crippen LogP contribution < -0.4 is 0 Å². The zero-order chi connectivity index (χ0) is 13.0. The van der Waals surface area contributed by atoms with E-state index in [9.17, 15) is 0 Å². The lowest BCUT2D eigenvalue weighted by atomic mass is 9.51. The predicted octanol–water partition coefficient (Wildman–Crippen LogP) is 1.62. The first kappa shape index (κ1) is 12.9. The Labute approximate surface area is 109 Å². The summed E-state index contributed by atoms with van der Waals surface area (Å²) in [4.78, 5) is 0. The monoisotopic (exact) mass is 256 g/mol. The molecule has 0 amide bonds. The van der Waals surface area contributed by atoms with Gasteiger partial charge in [-0.1, -0.05) is 27.7 Å². The molecule has 2 saturated heterocycles. The minimum atomic E-state index is 0.0628. The lowest BCUT2D eigenvalue weighted by Crippen LogP contribution is -2.69. The molecule has 18 heavy (non-hydrogen) atoms. The van der Waals surface area contributed by atoms with Crippen LogP contribution in [0.15, 0.2) is 0 Å². The Kier molecular flexibility index (Phi) is 2.98. The molecule has 3 rings (SSSR count). The normalized spacial score (nSPS) is 43.3. The van der Waals surface area contributed by atoms with Crippen LogP contribution >= 0.6 is 0 Å². The summed E-state index contributed by atoms with van der Waals surface area (Å²) in [6.45, 7) is 12.1. The fourth-order valence-electron chi connectivity index (χ4n) is 3.69. The smallest absolute Gasteiger partial charge is 0.104 e. The van der Waals surface area contributed by atoms with Crippen molar-refractivity contribution >= 4 is 0 Å². The molecule has 4 heteroatoms. The van der Waals surface area contributed by atoms with Gasteiger partial charge in [-0.3, -0.25) is 0 Å². The van der Waals surface area contributed by atoms with Gasteiger partial charge in [0.15, 0.2) is 0 Å². The van der Waals surface area contributed by atoms with Crippen LogP contribution in [0.4, 0.5) is 0 Å². The molecule has 2 heterocycles. The van der Waals surface area contributed by atoms with Gasteiger partial charge in [0.05, 0.1) is 38.6 Å². The van der Waals surface area contributed by atoms with Crippen molar-refractivity contribution < 1.29 is 18.9 Å². The van der Waals surface area contributed by atoms with Crippen LogP contribution in [0.5, 0.6) is 0 Å². The fraction of sp³-hybridized carbons (Fsp3) is 1.00. The van der Waals surface area contributed by atoms with Gasteiger partial charge in [-0.25, -0.2) is 0 Å². The van der Waals surface area contributed by atoms with Gasteiger partial charge in [-0.05, 0) is 0 Å². The second-order valence-electron chi connectivity index (χ2n) is 6.98. The van der Waals surface area contributed by atoms with E-state index in [1.165, 1.54) is 0 Å². The molecule has 104 valence electrons. The van der Waals surface area contributed by atoms with E-state index >= 15 is 0 Å². The molecule has 0 N–H and O–H groups in total. The molecule has 2 unspecified atom stereocenters. The minimum absolute atomic E-state index is 0.0628. The molecular weight excluding hydrogens is 232 g/mol. The zero-order valence-corrected chi connectivity index (χ0v) is 11.8. The number of hydrogen-bond acceptors (Lipinski definition) is 4. The average Bonchev–Trinajstić information content (AvgIpc) is 3.11. The summed E-state index contributed by atoms with van der Waals surface area (Å²) >= 11 is 0. The Balaban J connectivity index is 1.56. The first-order chi connectivity index (χ1) is 8.42. The van der Waals surface area contributed by atoms with Gasteiger partial charge in [0.1, 0.15) is 12.2 Å². The molecule has 0 aromatic rings. The van der Waals surface area contributed by atoms with Gasteiger partial charge < -0.3 is 18.9 Å². The molecule has 0 aromatic heterocycles. The lowest BCUT2D eigenvalue weighted by Gasteiger charge is -2.62. The molecule has 1 saturated carbocycles. The summed E-state index contributed by atoms with van der Waals surface area (Å²) in [5.74, 6) is 0. The van der Waals surface area contributed by atoms with Crippen LogP contribution in [0.3, 0.4) is 0 Å². The largest absolute Gasteiger partial charge is 0.374 e. The van der Waals surface area contributed by atoms with Gasteiger partial charge in [-0.15, -0.1) is 0 Å². The standard InChI is InChI=1S/C14H24O4/c1-13(2)11(17-7-9-5-15-9)14(3,4)12(13)18-8-10-6-16-10/h9-12H,5-8H2,1-4H3. The number of rotatable bonds is 6. The zero-order valence-electron chi connectivity index (χ0n) is 11.8. The van der Waals surface area contributed by atoms with E-state index in [0.29, 0.717) is 12.2 Å². The third kappa shape index (κ3) is 2.20. The maximum absolute atomic E-state index is 6.05. The van der Waals surface area contributed by atoms with Crippen LogP contribution in [0.2, 0.25) is 0 Å². The first-order valence-corrected chi connectivity index (χ1v) is 6.89. The van der Waals surface area contributed by atoms with Crippen molar-refractivity contribution in [2.75, 3.05) is 26.4 Å². The highest BCUT2D eigenvalue weighted by Crippen LogP contribution is 2.57. The Bertz CT molecular complexity index is 274. The van der Waals surface area contributed by atoms with E-state index in [4.69, 9.17) is 18.9 Å². The van der Waals surface area contributed by atoms with Crippen LogP contribution in [0.25, 0.3) is 0 Å². The van der Waals surface area contributed by atoms with Crippen molar-refractivity contribution in [3.8, 4) is 0 Å². The fourth-order valence-corrected chi connectivity index (χ4v) is 3.69. The molecule has 1 aliphatic carbocycles. The van der Waals surface area contributed by atoms with Crippen molar-refractivity contribution in [2.24, 2.45) is 10.8 Å². The van der Waals surface area contributed by atoms with E-state index in [1.807, 2.05) is 0 Å². The highest BCUT2D eigenvalue weighted by molar-refractivity contribution is 5.12. The third-order valence-corrected chi connectivity index (χ3v) is 4.41. The number of epoxide rings is 2. The summed E-state index contributed by atoms with van der Waals surface area (Å²) < 4.78 is 22.5. The second-order valence-corrected chi connectivity index (χ2v) is 6.98. The SMILES string of the molecule is CC1(C)C(OCC2CO2)C(C)(C)C1OCC1CO1. The molecule has 0 spiro atoms. The summed E-state index contributed by atoms with van der Waals surface area (Å²) in [6, 6.07) is 0. The molecular formula is C14H24O4. The van der Waals surface area contributed by atoms with Gasteiger partial charge in [0, 0.05) is 10.8 Å². The maximum Gasteiger partial charge on any atom is 0.104 e. The summed E-state index contributed by atoms with van der Waals surface area (Å²) in [5, 5.41) is 0. The quantitative estimate of drug-likeness (QED) is 0.677. The van der Waals surface area contributed by atoms with Crippen LogP contribution in [-0.4, -0.2) is 50.8 Å². The number of hydrogen-bond donors (Lipinski definition) is 0. The van der Waals surface area contributed by atoms with Crippen molar-refractivity contribution in [2.45, 2.75) is 52.1 Å². The van der Waals surface area contributed by atoms with E-state index in [2.05, 4.69) is 27.7 Å². The predicted molar refractivity (Wildman–Crippen MR) is 66.5 cm³/mol. The minimum Gasteiger partial charge on any atom is -0.374 e. The van der Waals surface area contributed by atoms with Gasteiger partial charge >= 0.3 is 0 Å². The van der Waals surface area contributed by atoms with Crippen molar-refractivity contribution in [3.63, 3.8) is 0 Å². The summed E-state index contributed by atoms with van der Waals surface area (Å²) in [6.07, 6.45) is 1.13. The van der Waals surface area contributed by atoms with Crippen LogP contribution in [0.1, 0.15) is 27.7 Å². The molecule has 4 nitrogen and oxygen atoms in total. The molecule has 3 aliphatic rings. The maximum atomic E-state index is 6.05. The average molecular weight is 256 g/mol. The lowest BCUT2D eigenvalue weighted by molar-refractivity contribution is -0.283. The molecule has 2 atom stereocenters. The van der Waals surface area contributed by atoms with E-state index in [-0.39, 0.29) is 23.0 Å². The molecule has 2 aliphatic heterocycles. The van der Waals surface area contributed by atoms with Crippen molar-refractivity contribution in [3.05, 3.63) is 0 Å². The summed E-state index contributed by atoms with van der Waals surface area (Å²) in [5.41, 5.74) is 0.126. The van der Waals surface area contributed by atoms with E-state index in [0.717, 1.165) is 26.4 Å². The van der Waals surface area contributed by atoms with E-state index in [1.54, 1.807) is 0 Å². The topological polar surface area (TPSA) is 43.5 Å². The Morgan fingerprint density at radius 1 is 0.833 bits per heavy atom. The number of ether oxygens (including phenoxy) is 4.